The van der Waals surface area contributed by atoms with Gasteiger partial charge in [-0.3, -0.25) is 14.3 Å². The summed E-state index contributed by atoms with van der Waals surface area (Å²) in [5, 5.41) is 15.6. The van der Waals surface area contributed by atoms with Crippen molar-refractivity contribution in [3.63, 3.8) is 0 Å². The number of carbonyl (C=O) groups excluding carboxylic acids is 2. The molecule has 0 bridgehead atoms. The smallest absolute Gasteiger partial charge is 0.275 e. The van der Waals surface area contributed by atoms with Gasteiger partial charge in [-0.2, -0.15) is 10.4 Å². The van der Waals surface area contributed by atoms with Gasteiger partial charge in [0.25, 0.3) is 5.91 Å². The van der Waals surface area contributed by atoms with Gasteiger partial charge in [0.05, 0.1) is 30.4 Å². The van der Waals surface area contributed by atoms with E-state index in [9.17, 15) is 22.8 Å². The zero-order chi connectivity index (χ0) is 23.3. The van der Waals surface area contributed by atoms with E-state index in [4.69, 9.17) is 5.26 Å². The van der Waals surface area contributed by atoms with Crippen molar-refractivity contribution < 1.29 is 22.8 Å². The topological polar surface area (TPSA) is 87.8 Å². The molecular formula is C24H17F3N4O2. The van der Waals surface area contributed by atoms with Crippen LogP contribution in [0.3, 0.4) is 0 Å². The van der Waals surface area contributed by atoms with Crippen LogP contribution >= 0.6 is 0 Å². The number of aromatic nitrogens is 2. The van der Waals surface area contributed by atoms with Gasteiger partial charge in [-0.25, -0.2) is 13.2 Å². The van der Waals surface area contributed by atoms with Crippen molar-refractivity contribution in [1.82, 2.24) is 15.1 Å². The predicted octanol–water partition coefficient (Wildman–Crippen LogP) is 3.25. The van der Waals surface area contributed by atoms with Crippen LogP contribution in [-0.4, -0.2) is 27.5 Å². The molecule has 3 atom stereocenters. The number of ketones is 1. The maximum absolute atomic E-state index is 14.5. The molecule has 1 amide bonds. The Hall–Kier alpha value is -3.93. The van der Waals surface area contributed by atoms with Gasteiger partial charge < -0.3 is 5.32 Å². The van der Waals surface area contributed by atoms with Crippen molar-refractivity contribution in [2.24, 2.45) is 5.92 Å². The molecule has 1 aromatic heterocycles. The molecule has 0 aliphatic heterocycles. The second kappa shape index (κ2) is 7.89. The number of nitriles is 1. The summed E-state index contributed by atoms with van der Waals surface area (Å²) in [6.45, 7) is 0.146. The van der Waals surface area contributed by atoms with Gasteiger partial charge >= 0.3 is 0 Å². The summed E-state index contributed by atoms with van der Waals surface area (Å²) < 4.78 is 43.7. The molecule has 1 fully saturated rings. The third-order valence-corrected chi connectivity index (χ3v) is 6.18. The van der Waals surface area contributed by atoms with Crippen molar-refractivity contribution in [3.8, 4) is 6.07 Å². The Kier molecular flexibility index (Phi) is 5.01. The van der Waals surface area contributed by atoms with E-state index < -0.39 is 40.9 Å². The number of hydrogen-bond donors (Lipinski definition) is 1. The molecule has 0 radical (unpaired) electrons. The van der Waals surface area contributed by atoms with Crippen molar-refractivity contribution in [3.05, 3.63) is 88.0 Å². The first-order chi connectivity index (χ1) is 15.8. The highest BCUT2D eigenvalue weighted by Gasteiger charge is 2.51. The van der Waals surface area contributed by atoms with E-state index in [0.717, 1.165) is 12.3 Å². The maximum Gasteiger partial charge on any atom is 0.275 e. The van der Waals surface area contributed by atoms with E-state index in [1.54, 1.807) is 24.3 Å². The summed E-state index contributed by atoms with van der Waals surface area (Å²) in [5.41, 5.74) is 1.30. The standard InChI is InChI=1S/C24H17F3N4O2/c25-14-5-15-16-7-18(16)22(21(32)8-17(15)19(26)6-14)29-24(33)23-20(27)11-31(30-23)10-13-3-1-2-12(4-13)9-28/h1-6,11,16,18,22H,7-8,10H2,(H,29,33)/t16-,18?,22?/m0/s1. The van der Waals surface area contributed by atoms with Crippen LogP contribution in [0.25, 0.3) is 0 Å². The van der Waals surface area contributed by atoms with Gasteiger partial charge in [-0.05, 0) is 53.1 Å². The Morgan fingerprint density at radius 3 is 2.82 bits per heavy atom. The van der Waals surface area contributed by atoms with E-state index in [2.05, 4.69) is 10.4 Å². The quantitative estimate of drug-likeness (QED) is 0.661. The highest BCUT2D eigenvalue weighted by molar-refractivity contribution is 5.98. The maximum atomic E-state index is 14.5. The van der Waals surface area contributed by atoms with E-state index in [0.29, 0.717) is 23.1 Å². The monoisotopic (exact) mass is 450 g/mol. The zero-order valence-electron chi connectivity index (χ0n) is 17.2. The molecule has 1 N–H and O–H groups in total. The lowest BCUT2D eigenvalue weighted by Crippen LogP contribution is -2.43. The summed E-state index contributed by atoms with van der Waals surface area (Å²) in [5.74, 6) is -4.14. The molecule has 0 saturated heterocycles. The van der Waals surface area contributed by atoms with Crippen LogP contribution in [0.5, 0.6) is 0 Å². The van der Waals surface area contributed by atoms with Gasteiger partial charge in [0.15, 0.2) is 17.3 Å². The lowest BCUT2D eigenvalue weighted by Gasteiger charge is -2.15. The van der Waals surface area contributed by atoms with Crippen LogP contribution in [0.4, 0.5) is 13.2 Å². The zero-order valence-corrected chi connectivity index (χ0v) is 17.2. The third kappa shape index (κ3) is 3.89. The lowest BCUT2D eigenvalue weighted by molar-refractivity contribution is -0.120. The number of amides is 1. The van der Waals surface area contributed by atoms with E-state index >= 15 is 0 Å². The first kappa shape index (κ1) is 20.9. The van der Waals surface area contributed by atoms with Gasteiger partial charge in [-0.1, -0.05) is 12.1 Å². The van der Waals surface area contributed by atoms with Crippen LogP contribution < -0.4 is 5.32 Å². The van der Waals surface area contributed by atoms with Crippen LogP contribution in [-0.2, 0) is 17.8 Å². The Balaban J connectivity index is 1.34. The van der Waals surface area contributed by atoms with Crippen molar-refractivity contribution >= 4 is 11.7 Å². The number of nitrogens with zero attached hydrogens (tertiary/aromatic N) is 3. The normalized spacial score (nSPS) is 20.9. The summed E-state index contributed by atoms with van der Waals surface area (Å²) in [7, 11) is 0. The average molecular weight is 450 g/mol. The molecule has 6 nitrogen and oxygen atoms in total. The molecule has 1 heterocycles. The van der Waals surface area contributed by atoms with Gasteiger partial charge in [0, 0.05) is 12.5 Å². The Morgan fingerprint density at radius 1 is 1.21 bits per heavy atom. The van der Waals surface area contributed by atoms with Crippen LogP contribution in [0, 0.1) is 34.7 Å². The van der Waals surface area contributed by atoms with Gasteiger partial charge in [0.1, 0.15) is 11.6 Å². The fourth-order valence-corrected chi connectivity index (χ4v) is 4.56. The van der Waals surface area contributed by atoms with Gasteiger partial charge in [-0.15, -0.1) is 0 Å². The second-order valence-corrected chi connectivity index (χ2v) is 8.39. The Morgan fingerprint density at radius 2 is 2.03 bits per heavy atom. The van der Waals surface area contributed by atoms with Crippen molar-refractivity contribution in [2.75, 3.05) is 0 Å². The summed E-state index contributed by atoms with van der Waals surface area (Å²) in [6, 6.07) is 9.78. The molecular weight excluding hydrogens is 433 g/mol. The molecule has 5 rings (SSSR count). The van der Waals surface area contributed by atoms with Crippen LogP contribution in [0.1, 0.15) is 45.1 Å². The van der Waals surface area contributed by atoms with E-state index in [-0.39, 0.29) is 30.4 Å². The Bertz CT molecular complexity index is 1340. The summed E-state index contributed by atoms with van der Waals surface area (Å²) in [4.78, 5) is 25.5. The van der Waals surface area contributed by atoms with E-state index in [1.807, 2.05) is 6.07 Å². The Labute approximate surface area is 186 Å². The largest absolute Gasteiger partial charge is 0.340 e. The SMILES string of the molecule is N#Cc1cccc(Cn2cc(F)c(C(=O)NC3C(=O)Cc4c(F)cc(F)cc4[C@@H]4CC34)n2)c1. The second-order valence-electron chi connectivity index (χ2n) is 8.39. The number of Topliss-reactive ketones (excluding diaryl/α,β-unsaturated/α-hetero) is 1. The molecule has 1 saturated carbocycles. The van der Waals surface area contributed by atoms with Crippen molar-refractivity contribution in [1.29, 1.82) is 5.26 Å². The minimum atomic E-state index is -0.936. The van der Waals surface area contributed by atoms with Crippen LogP contribution in [0.15, 0.2) is 42.6 Å². The number of benzene rings is 2. The highest BCUT2D eigenvalue weighted by Crippen LogP contribution is 2.53. The number of fused-ring (bicyclic) bond motifs is 3. The van der Waals surface area contributed by atoms with Gasteiger partial charge in [0.2, 0.25) is 0 Å². The number of carbonyl (C=O) groups is 2. The molecule has 2 aliphatic carbocycles. The fraction of sp³-hybridized carbons (Fsp3) is 0.250. The minimum Gasteiger partial charge on any atom is -0.340 e. The molecule has 166 valence electrons. The molecule has 9 heteroatoms. The fourth-order valence-electron chi connectivity index (χ4n) is 4.56. The lowest BCUT2D eigenvalue weighted by atomic mass is 9.99. The molecule has 2 unspecified atom stereocenters. The predicted molar refractivity (Wildman–Crippen MR) is 110 cm³/mol. The number of hydrogen-bond acceptors (Lipinski definition) is 4. The molecule has 2 aliphatic rings. The molecule has 2 aromatic carbocycles. The van der Waals surface area contributed by atoms with Crippen LogP contribution in [0.2, 0.25) is 0 Å². The number of nitrogens with one attached hydrogen (secondary N) is 1. The molecule has 3 aromatic rings. The number of rotatable bonds is 4. The molecule has 33 heavy (non-hydrogen) atoms. The third-order valence-electron chi connectivity index (χ3n) is 6.18. The first-order valence-corrected chi connectivity index (χ1v) is 10.4. The average Bonchev–Trinajstić information content (AvgIpc) is 3.49. The minimum absolute atomic E-state index is 0.146. The van der Waals surface area contributed by atoms with Crippen molar-refractivity contribution in [2.45, 2.75) is 31.3 Å². The summed E-state index contributed by atoms with van der Waals surface area (Å²) >= 11 is 0. The summed E-state index contributed by atoms with van der Waals surface area (Å²) in [6.07, 6.45) is 1.29. The number of halogens is 3. The van der Waals surface area contributed by atoms with E-state index in [1.165, 1.54) is 10.7 Å². The first-order valence-electron chi connectivity index (χ1n) is 10.4. The highest BCUT2D eigenvalue weighted by atomic mass is 19.1. The molecule has 0 spiro atoms.